The number of likely N-dealkylation sites (tertiary alicyclic amines) is 2. The lowest BCUT2D eigenvalue weighted by molar-refractivity contribution is 0.188. The lowest BCUT2D eigenvalue weighted by Crippen LogP contribution is -2.41. The van der Waals surface area contributed by atoms with Gasteiger partial charge in [0.15, 0.2) is 5.96 Å². The molecule has 5 heteroatoms. The van der Waals surface area contributed by atoms with E-state index < -0.39 is 0 Å². The van der Waals surface area contributed by atoms with Crippen molar-refractivity contribution in [2.75, 3.05) is 45.8 Å². The molecule has 0 aliphatic carbocycles. The van der Waals surface area contributed by atoms with Crippen LogP contribution in [0.3, 0.4) is 0 Å². The first-order chi connectivity index (χ1) is 10.5. The fraction of sp³-hybridized carbons (Fsp3) is 0.944. The van der Waals surface area contributed by atoms with Crippen molar-refractivity contribution in [3.05, 3.63) is 0 Å². The van der Waals surface area contributed by atoms with Crippen LogP contribution < -0.4 is 5.32 Å². The maximum Gasteiger partial charge on any atom is 0.193 e. The summed E-state index contributed by atoms with van der Waals surface area (Å²) in [5, 5.41) is 3.50. The molecule has 0 atom stereocenters. The van der Waals surface area contributed by atoms with E-state index in [0.717, 1.165) is 38.1 Å². The van der Waals surface area contributed by atoms with Crippen LogP contribution in [0.15, 0.2) is 4.99 Å². The third kappa shape index (κ3) is 6.77. The summed E-state index contributed by atoms with van der Waals surface area (Å²) < 4.78 is 0. The summed E-state index contributed by atoms with van der Waals surface area (Å²) in [5.74, 6) is 1.92. The van der Waals surface area contributed by atoms with E-state index in [1.807, 2.05) is 0 Å². The van der Waals surface area contributed by atoms with Crippen molar-refractivity contribution in [2.45, 2.75) is 53.4 Å². The Morgan fingerprint density at radius 3 is 2.39 bits per heavy atom. The molecule has 0 bridgehead atoms. The number of halogens is 1. The van der Waals surface area contributed by atoms with Crippen LogP contribution in [0.2, 0.25) is 0 Å². The Bertz CT molecular complexity index is 362. The number of guanidine groups is 1. The lowest BCUT2D eigenvalue weighted by Gasteiger charge is -2.31. The number of nitrogens with one attached hydrogen (secondary N) is 1. The van der Waals surface area contributed by atoms with Gasteiger partial charge in [0.05, 0.1) is 0 Å². The van der Waals surface area contributed by atoms with Crippen LogP contribution in [0.25, 0.3) is 0 Å². The maximum absolute atomic E-state index is 4.97. The molecule has 0 amide bonds. The topological polar surface area (TPSA) is 30.9 Å². The second kappa shape index (κ2) is 10.1. The van der Waals surface area contributed by atoms with E-state index in [2.05, 4.69) is 42.8 Å². The van der Waals surface area contributed by atoms with Crippen molar-refractivity contribution in [3.8, 4) is 0 Å². The van der Waals surface area contributed by atoms with E-state index in [1.165, 1.54) is 45.3 Å². The van der Waals surface area contributed by atoms with Crippen molar-refractivity contribution in [1.82, 2.24) is 15.1 Å². The Hall–Kier alpha value is -0.0400. The molecule has 2 aliphatic heterocycles. The van der Waals surface area contributed by atoms with E-state index in [0.29, 0.717) is 5.41 Å². The number of piperidine rings is 1. The first kappa shape index (κ1) is 21.0. The Morgan fingerprint density at radius 2 is 1.87 bits per heavy atom. The SMILES string of the molecule is CCCN1CCC(CN=C(NCC)N2CCC(C)(C)C2)CC1.I. The van der Waals surface area contributed by atoms with Gasteiger partial charge >= 0.3 is 0 Å². The summed E-state index contributed by atoms with van der Waals surface area (Å²) in [6, 6.07) is 0. The van der Waals surface area contributed by atoms with Crippen molar-refractivity contribution < 1.29 is 0 Å². The fourth-order valence-electron chi connectivity index (χ4n) is 3.64. The zero-order valence-electron chi connectivity index (χ0n) is 15.6. The minimum Gasteiger partial charge on any atom is -0.357 e. The third-order valence-electron chi connectivity index (χ3n) is 5.06. The Morgan fingerprint density at radius 1 is 1.17 bits per heavy atom. The number of hydrogen-bond donors (Lipinski definition) is 1. The van der Waals surface area contributed by atoms with E-state index in [4.69, 9.17) is 4.99 Å². The van der Waals surface area contributed by atoms with Crippen LogP contribution in [0.5, 0.6) is 0 Å². The maximum atomic E-state index is 4.97. The minimum absolute atomic E-state index is 0. The molecule has 136 valence electrons. The number of nitrogens with zero attached hydrogens (tertiary/aromatic N) is 3. The molecule has 23 heavy (non-hydrogen) atoms. The van der Waals surface area contributed by atoms with Gasteiger partial charge in [-0.15, -0.1) is 24.0 Å². The standard InChI is InChI=1S/C18H36N4.HI/c1-5-10-21-11-7-16(8-12-21)14-20-17(19-6-2)22-13-9-18(3,4)15-22;/h16H,5-15H2,1-4H3,(H,19,20);1H. The first-order valence-electron chi connectivity index (χ1n) is 9.29. The molecule has 0 unspecified atom stereocenters. The van der Waals surface area contributed by atoms with Gasteiger partial charge in [-0.1, -0.05) is 20.8 Å². The van der Waals surface area contributed by atoms with Gasteiger partial charge in [0.2, 0.25) is 0 Å². The molecule has 0 aromatic carbocycles. The average Bonchev–Trinajstić information content (AvgIpc) is 2.85. The number of aliphatic imine (C=N–C) groups is 1. The zero-order valence-corrected chi connectivity index (χ0v) is 17.9. The van der Waals surface area contributed by atoms with Crippen LogP contribution >= 0.6 is 24.0 Å². The summed E-state index contributed by atoms with van der Waals surface area (Å²) >= 11 is 0. The molecule has 2 fully saturated rings. The summed E-state index contributed by atoms with van der Waals surface area (Å²) in [6.45, 7) is 17.2. The Balaban J connectivity index is 0.00000264. The van der Waals surface area contributed by atoms with E-state index in [1.54, 1.807) is 0 Å². The molecule has 2 saturated heterocycles. The first-order valence-corrected chi connectivity index (χ1v) is 9.29. The van der Waals surface area contributed by atoms with Crippen LogP contribution in [0, 0.1) is 11.3 Å². The van der Waals surface area contributed by atoms with Gasteiger partial charge in [0.1, 0.15) is 0 Å². The number of rotatable bonds is 5. The van der Waals surface area contributed by atoms with Crippen molar-refractivity contribution in [1.29, 1.82) is 0 Å². The van der Waals surface area contributed by atoms with E-state index in [9.17, 15) is 0 Å². The van der Waals surface area contributed by atoms with Gasteiger partial charge in [-0.3, -0.25) is 4.99 Å². The second-order valence-corrected chi connectivity index (χ2v) is 7.82. The molecule has 1 N–H and O–H groups in total. The summed E-state index contributed by atoms with van der Waals surface area (Å²) in [4.78, 5) is 10.0. The lowest BCUT2D eigenvalue weighted by atomic mass is 9.93. The molecule has 0 radical (unpaired) electrons. The largest absolute Gasteiger partial charge is 0.357 e. The normalized spacial score (nSPS) is 23.0. The highest BCUT2D eigenvalue weighted by atomic mass is 127. The highest BCUT2D eigenvalue weighted by molar-refractivity contribution is 14.0. The van der Waals surface area contributed by atoms with Crippen LogP contribution in [-0.4, -0.2) is 61.6 Å². The van der Waals surface area contributed by atoms with Crippen molar-refractivity contribution >= 4 is 29.9 Å². The van der Waals surface area contributed by atoms with Gasteiger partial charge in [0.25, 0.3) is 0 Å². The molecule has 2 heterocycles. The fourth-order valence-corrected chi connectivity index (χ4v) is 3.64. The minimum atomic E-state index is 0. The third-order valence-corrected chi connectivity index (χ3v) is 5.06. The summed E-state index contributed by atoms with van der Waals surface area (Å²) in [6.07, 6.45) is 5.17. The van der Waals surface area contributed by atoms with Gasteiger partial charge < -0.3 is 15.1 Å². The molecule has 4 nitrogen and oxygen atoms in total. The molecule has 2 aliphatic rings. The van der Waals surface area contributed by atoms with E-state index >= 15 is 0 Å². The van der Waals surface area contributed by atoms with Gasteiger partial charge in [-0.05, 0) is 63.6 Å². The highest BCUT2D eigenvalue weighted by Crippen LogP contribution is 2.28. The van der Waals surface area contributed by atoms with Gasteiger partial charge in [0, 0.05) is 26.2 Å². The van der Waals surface area contributed by atoms with E-state index in [-0.39, 0.29) is 24.0 Å². The molecular formula is C18H37IN4. The zero-order chi connectivity index (χ0) is 16.0. The monoisotopic (exact) mass is 436 g/mol. The summed E-state index contributed by atoms with van der Waals surface area (Å²) in [5.41, 5.74) is 0.432. The van der Waals surface area contributed by atoms with Crippen LogP contribution in [0.1, 0.15) is 53.4 Å². The average molecular weight is 436 g/mol. The Labute approximate surface area is 160 Å². The summed E-state index contributed by atoms with van der Waals surface area (Å²) in [7, 11) is 0. The quantitative estimate of drug-likeness (QED) is 0.407. The predicted octanol–water partition coefficient (Wildman–Crippen LogP) is 3.42. The molecule has 2 rings (SSSR count). The molecule has 0 aromatic heterocycles. The van der Waals surface area contributed by atoms with Gasteiger partial charge in [-0.25, -0.2) is 0 Å². The molecule has 0 saturated carbocycles. The number of hydrogen-bond acceptors (Lipinski definition) is 2. The molecular weight excluding hydrogens is 399 g/mol. The second-order valence-electron chi connectivity index (χ2n) is 7.82. The van der Waals surface area contributed by atoms with Crippen LogP contribution in [0.4, 0.5) is 0 Å². The van der Waals surface area contributed by atoms with Crippen molar-refractivity contribution in [2.24, 2.45) is 16.3 Å². The van der Waals surface area contributed by atoms with Gasteiger partial charge in [-0.2, -0.15) is 0 Å². The molecule has 0 spiro atoms. The smallest absolute Gasteiger partial charge is 0.193 e. The highest BCUT2D eigenvalue weighted by Gasteiger charge is 2.31. The van der Waals surface area contributed by atoms with Crippen LogP contribution in [-0.2, 0) is 0 Å². The predicted molar refractivity (Wildman–Crippen MR) is 111 cm³/mol. The Kier molecular flexibility index (Phi) is 9.19. The van der Waals surface area contributed by atoms with Crippen molar-refractivity contribution in [3.63, 3.8) is 0 Å². The molecule has 0 aromatic rings.